The summed E-state index contributed by atoms with van der Waals surface area (Å²) in [7, 11) is 0. The molecule has 2 heterocycles. The first-order chi connectivity index (χ1) is 8.06. The van der Waals surface area contributed by atoms with E-state index < -0.39 is 0 Å². The van der Waals surface area contributed by atoms with Crippen LogP contribution in [-0.4, -0.2) is 19.6 Å². The van der Waals surface area contributed by atoms with Gasteiger partial charge in [-0.05, 0) is 43.1 Å². The van der Waals surface area contributed by atoms with Crippen molar-refractivity contribution in [2.75, 3.05) is 0 Å². The molecule has 2 aromatic heterocycles. The molecule has 6 heteroatoms. The van der Waals surface area contributed by atoms with Gasteiger partial charge in [-0.15, -0.1) is 5.10 Å². The second-order valence-electron chi connectivity index (χ2n) is 3.89. The van der Waals surface area contributed by atoms with Gasteiger partial charge in [0.15, 0.2) is 5.65 Å². The molecule has 0 aliphatic carbocycles. The Hall–Kier alpha value is -1.39. The fraction of sp³-hybridized carbons (Fsp3) is 0.182. The lowest BCUT2D eigenvalue weighted by Crippen LogP contribution is -1.95. The molecule has 0 radical (unpaired) electrons. The summed E-state index contributed by atoms with van der Waals surface area (Å²) in [6, 6.07) is 3.74. The normalized spacial score (nSPS) is 11.5. The molecule has 0 amide bonds. The van der Waals surface area contributed by atoms with Gasteiger partial charge >= 0.3 is 0 Å². The highest BCUT2D eigenvalue weighted by Gasteiger charge is 2.11. The third-order valence-electron chi connectivity index (χ3n) is 2.62. The summed E-state index contributed by atoms with van der Waals surface area (Å²) in [5.41, 5.74) is 2.42. The van der Waals surface area contributed by atoms with Gasteiger partial charge in [0.1, 0.15) is 5.82 Å². The molecular formula is C11H8Cl2N4. The van der Waals surface area contributed by atoms with Gasteiger partial charge in [-0.3, -0.25) is 0 Å². The van der Waals surface area contributed by atoms with Gasteiger partial charge in [0, 0.05) is 10.4 Å². The largest absolute Gasteiger partial charge is 0.226 e. The van der Waals surface area contributed by atoms with Crippen LogP contribution >= 0.6 is 23.2 Å². The molecule has 17 heavy (non-hydrogen) atoms. The molecule has 3 rings (SSSR count). The summed E-state index contributed by atoms with van der Waals surface area (Å²) < 4.78 is 1.52. The molecule has 3 aromatic rings. The summed E-state index contributed by atoms with van der Waals surface area (Å²) in [4.78, 5) is 8.63. The maximum atomic E-state index is 6.12. The number of hydrogen-bond acceptors (Lipinski definition) is 3. The Balaban J connectivity index is 2.58. The molecule has 0 aliphatic rings. The SMILES string of the molecule is Cc1nc2c3cc(Cl)c(C)cc3nc(Cl)n2n1. The van der Waals surface area contributed by atoms with Crippen LogP contribution < -0.4 is 0 Å². The predicted molar refractivity (Wildman–Crippen MR) is 67.8 cm³/mol. The molecule has 86 valence electrons. The topological polar surface area (TPSA) is 43.1 Å². The average molecular weight is 267 g/mol. The van der Waals surface area contributed by atoms with Gasteiger partial charge in [-0.2, -0.15) is 4.52 Å². The molecule has 4 nitrogen and oxygen atoms in total. The molecule has 0 saturated heterocycles. The van der Waals surface area contributed by atoms with Crippen molar-refractivity contribution in [2.24, 2.45) is 0 Å². The quantitative estimate of drug-likeness (QED) is 0.587. The van der Waals surface area contributed by atoms with E-state index in [0.29, 0.717) is 21.8 Å². The van der Waals surface area contributed by atoms with Crippen LogP contribution in [0, 0.1) is 13.8 Å². The van der Waals surface area contributed by atoms with Crippen LogP contribution in [0.1, 0.15) is 11.4 Å². The minimum atomic E-state index is 0.301. The van der Waals surface area contributed by atoms with E-state index in [1.807, 2.05) is 26.0 Å². The number of aromatic nitrogens is 4. The van der Waals surface area contributed by atoms with Gasteiger partial charge in [0.25, 0.3) is 0 Å². The Kier molecular flexibility index (Phi) is 2.24. The highest BCUT2D eigenvalue weighted by atomic mass is 35.5. The van der Waals surface area contributed by atoms with E-state index in [-0.39, 0.29) is 0 Å². The Bertz CT molecular complexity index is 748. The zero-order valence-corrected chi connectivity index (χ0v) is 10.7. The molecule has 0 spiro atoms. The number of halogens is 2. The van der Waals surface area contributed by atoms with Crippen LogP contribution in [0.4, 0.5) is 0 Å². The van der Waals surface area contributed by atoms with Crippen molar-refractivity contribution in [2.45, 2.75) is 13.8 Å². The number of rotatable bonds is 0. The van der Waals surface area contributed by atoms with E-state index in [4.69, 9.17) is 23.2 Å². The number of aryl methyl sites for hydroxylation is 2. The second-order valence-corrected chi connectivity index (χ2v) is 4.64. The van der Waals surface area contributed by atoms with E-state index >= 15 is 0 Å². The zero-order chi connectivity index (χ0) is 12.2. The summed E-state index contributed by atoms with van der Waals surface area (Å²) in [6.45, 7) is 3.74. The van der Waals surface area contributed by atoms with Crippen LogP contribution in [0.25, 0.3) is 16.6 Å². The van der Waals surface area contributed by atoms with E-state index in [1.54, 1.807) is 0 Å². The molecule has 0 fully saturated rings. The highest BCUT2D eigenvalue weighted by molar-refractivity contribution is 6.32. The predicted octanol–water partition coefficient (Wildman–Crippen LogP) is 3.20. The minimum absolute atomic E-state index is 0.301. The number of hydrogen-bond donors (Lipinski definition) is 0. The van der Waals surface area contributed by atoms with E-state index in [1.165, 1.54) is 4.52 Å². The Morgan fingerprint density at radius 1 is 1.12 bits per heavy atom. The van der Waals surface area contributed by atoms with E-state index in [9.17, 15) is 0 Å². The monoisotopic (exact) mass is 266 g/mol. The molecule has 1 aromatic carbocycles. The van der Waals surface area contributed by atoms with Crippen LogP contribution in [-0.2, 0) is 0 Å². The van der Waals surface area contributed by atoms with Crippen molar-refractivity contribution in [1.29, 1.82) is 0 Å². The highest BCUT2D eigenvalue weighted by Crippen LogP contribution is 2.26. The second kappa shape index (κ2) is 3.55. The van der Waals surface area contributed by atoms with E-state index in [0.717, 1.165) is 16.5 Å². The summed E-state index contributed by atoms with van der Waals surface area (Å²) in [5, 5.41) is 6.02. The molecule has 0 atom stereocenters. The molecule has 0 unspecified atom stereocenters. The first-order valence-electron chi connectivity index (χ1n) is 5.05. The average Bonchev–Trinajstić information content (AvgIpc) is 2.64. The van der Waals surface area contributed by atoms with Crippen LogP contribution in [0.5, 0.6) is 0 Å². The number of fused-ring (bicyclic) bond motifs is 3. The maximum Gasteiger partial charge on any atom is 0.226 e. The molecule has 0 bridgehead atoms. The molecule has 0 saturated carbocycles. The van der Waals surface area contributed by atoms with Crippen LogP contribution in [0.15, 0.2) is 12.1 Å². The Labute approximate surface area is 107 Å². The van der Waals surface area contributed by atoms with Gasteiger partial charge in [0.2, 0.25) is 5.28 Å². The summed E-state index contributed by atoms with van der Waals surface area (Å²) in [6.07, 6.45) is 0. The van der Waals surface area contributed by atoms with Crippen LogP contribution in [0.2, 0.25) is 10.3 Å². The lowest BCUT2D eigenvalue weighted by atomic mass is 10.2. The van der Waals surface area contributed by atoms with Crippen molar-refractivity contribution < 1.29 is 0 Å². The van der Waals surface area contributed by atoms with Gasteiger partial charge in [-0.25, -0.2) is 9.97 Å². The van der Waals surface area contributed by atoms with Crippen molar-refractivity contribution in [1.82, 2.24) is 19.6 Å². The first kappa shape index (κ1) is 10.7. The maximum absolute atomic E-state index is 6.12. The van der Waals surface area contributed by atoms with Crippen LogP contribution in [0.3, 0.4) is 0 Å². The third kappa shape index (κ3) is 1.56. The van der Waals surface area contributed by atoms with Gasteiger partial charge in [-0.1, -0.05) is 11.6 Å². The number of nitrogens with zero attached hydrogens (tertiary/aromatic N) is 4. The molecule has 0 aliphatic heterocycles. The van der Waals surface area contributed by atoms with Gasteiger partial charge < -0.3 is 0 Å². The number of benzene rings is 1. The fourth-order valence-corrected chi connectivity index (χ4v) is 2.18. The lowest BCUT2D eigenvalue weighted by Gasteiger charge is -2.04. The minimum Gasteiger partial charge on any atom is -0.218 e. The van der Waals surface area contributed by atoms with Crippen molar-refractivity contribution in [3.8, 4) is 0 Å². The molecular weight excluding hydrogens is 259 g/mol. The van der Waals surface area contributed by atoms with Crippen molar-refractivity contribution >= 4 is 39.8 Å². The fourth-order valence-electron chi connectivity index (χ4n) is 1.80. The summed E-state index contributed by atoms with van der Waals surface area (Å²) >= 11 is 12.2. The third-order valence-corrected chi connectivity index (χ3v) is 3.27. The Morgan fingerprint density at radius 2 is 1.88 bits per heavy atom. The summed E-state index contributed by atoms with van der Waals surface area (Å²) in [5.74, 6) is 0.651. The Morgan fingerprint density at radius 3 is 2.65 bits per heavy atom. The van der Waals surface area contributed by atoms with Gasteiger partial charge in [0.05, 0.1) is 5.52 Å². The lowest BCUT2D eigenvalue weighted by molar-refractivity contribution is 0.909. The smallest absolute Gasteiger partial charge is 0.218 e. The van der Waals surface area contributed by atoms with Crippen molar-refractivity contribution in [3.05, 3.63) is 33.8 Å². The zero-order valence-electron chi connectivity index (χ0n) is 9.20. The standard InChI is InChI=1S/C11H8Cl2N4/c1-5-3-9-7(4-8(5)12)10-14-6(2)16-17(10)11(13)15-9/h3-4H,1-2H3. The molecule has 0 N–H and O–H groups in total. The van der Waals surface area contributed by atoms with E-state index in [2.05, 4.69) is 15.1 Å². The first-order valence-corrected chi connectivity index (χ1v) is 5.80. The van der Waals surface area contributed by atoms with Crippen molar-refractivity contribution in [3.63, 3.8) is 0 Å².